The first-order valence-electron chi connectivity index (χ1n) is 7.65. The van der Waals surface area contributed by atoms with Gasteiger partial charge in [0.2, 0.25) is 0 Å². The molecule has 0 spiro atoms. The second kappa shape index (κ2) is 7.41. The van der Waals surface area contributed by atoms with Crippen molar-refractivity contribution in [1.82, 2.24) is 0 Å². The van der Waals surface area contributed by atoms with Crippen molar-refractivity contribution in [2.24, 2.45) is 0 Å². The van der Waals surface area contributed by atoms with Crippen LogP contribution in [0, 0.1) is 7.43 Å². The predicted octanol–water partition coefficient (Wildman–Crippen LogP) is 4.57. The molecule has 0 aromatic rings. The Morgan fingerprint density at radius 1 is 0.647 bits per heavy atom. The number of rotatable bonds is 1. The summed E-state index contributed by atoms with van der Waals surface area (Å²) in [4.78, 5) is 0. The minimum Gasteiger partial charge on any atom is -0.358 e. The number of hydrogen-bond acceptors (Lipinski definition) is 0. The second-order valence-corrected chi connectivity index (χ2v) is 6.34. The Morgan fingerprint density at radius 3 is 1.53 bits per heavy atom. The molecule has 0 N–H and O–H groups in total. The quantitative estimate of drug-likeness (QED) is 0.464. The summed E-state index contributed by atoms with van der Waals surface area (Å²) >= 11 is 0. The van der Waals surface area contributed by atoms with Crippen LogP contribution in [0.25, 0.3) is 0 Å². The Bertz CT molecular complexity index is 184. The lowest BCUT2D eigenvalue weighted by Crippen LogP contribution is -2.49. The Balaban J connectivity index is 0.00000144. The van der Waals surface area contributed by atoms with Crippen LogP contribution < -0.4 is 0 Å². The van der Waals surface area contributed by atoms with Crippen LogP contribution in [0.4, 0.5) is 0 Å². The lowest BCUT2D eigenvalue weighted by molar-refractivity contribution is -0.923. The first kappa shape index (κ1) is 15.0. The van der Waals surface area contributed by atoms with Crippen molar-refractivity contribution < 1.29 is 4.48 Å². The summed E-state index contributed by atoms with van der Waals surface area (Å²) in [5, 5.41) is 0. The average molecular weight is 239 g/mol. The zero-order valence-electron chi connectivity index (χ0n) is 12.2. The van der Waals surface area contributed by atoms with Gasteiger partial charge in [0, 0.05) is 12.8 Å². The van der Waals surface area contributed by atoms with Gasteiger partial charge in [0.25, 0.3) is 0 Å². The van der Waals surface area contributed by atoms with Gasteiger partial charge in [0.1, 0.15) is 0 Å². The topological polar surface area (TPSA) is 0 Å². The molecule has 0 amide bonds. The standard InChI is InChI=1S/C15H30N.CH3/c1-16(13-9-10-14-16)15-11-7-5-3-2-4-6-8-12-15;/h15H,2-14H2,1H3;1H3/q+1;-1. The molecular formula is C16H33N. The molecule has 0 aromatic carbocycles. The lowest BCUT2D eigenvalue weighted by atomic mass is 9.95. The lowest BCUT2D eigenvalue weighted by Gasteiger charge is -2.38. The highest BCUT2D eigenvalue weighted by Crippen LogP contribution is 2.29. The van der Waals surface area contributed by atoms with Gasteiger partial charge in [0.05, 0.1) is 26.2 Å². The van der Waals surface area contributed by atoms with Crippen LogP contribution in [0.15, 0.2) is 0 Å². The Labute approximate surface area is 109 Å². The third kappa shape index (κ3) is 4.28. The zero-order valence-corrected chi connectivity index (χ0v) is 12.2. The van der Waals surface area contributed by atoms with Gasteiger partial charge < -0.3 is 11.9 Å². The molecule has 2 aliphatic rings. The average Bonchev–Trinajstić information content (AvgIpc) is 2.74. The van der Waals surface area contributed by atoms with E-state index in [-0.39, 0.29) is 7.43 Å². The SMILES string of the molecule is C[N+]1(C2CCCCCCCCC2)CCCC1.[CH3-]. The summed E-state index contributed by atoms with van der Waals surface area (Å²) in [5.41, 5.74) is 0. The van der Waals surface area contributed by atoms with Gasteiger partial charge in [-0.05, 0) is 25.7 Å². The summed E-state index contributed by atoms with van der Waals surface area (Å²) < 4.78 is 1.42. The molecule has 1 saturated heterocycles. The first-order valence-corrected chi connectivity index (χ1v) is 7.65. The second-order valence-electron chi connectivity index (χ2n) is 6.34. The monoisotopic (exact) mass is 239 g/mol. The van der Waals surface area contributed by atoms with Gasteiger partial charge >= 0.3 is 0 Å². The molecular weight excluding hydrogens is 206 g/mol. The maximum absolute atomic E-state index is 2.53. The number of hydrogen-bond donors (Lipinski definition) is 0. The third-order valence-corrected chi connectivity index (χ3v) is 5.04. The normalized spacial score (nSPS) is 27.4. The fraction of sp³-hybridized carbons (Fsp3) is 0.938. The summed E-state index contributed by atoms with van der Waals surface area (Å²) in [7, 11) is 2.53. The van der Waals surface area contributed by atoms with E-state index in [0.717, 1.165) is 6.04 Å². The predicted molar refractivity (Wildman–Crippen MR) is 76.9 cm³/mol. The van der Waals surface area contributed by atoms with Crippen LogP contribution in [0.2, 0.25) is 0 Å². The molecule has 0 radical (unpaired) electrons. The zero-order chi connectivity index (χ0) is 11.3. The van der Waals surface area contributed by atoms with Gasteiger partial charge in [0.15, 0.2) is 0 Å². The Kier molecular flexibility index (Phi) is 6.54. The van der Waals surface area contributed by atoms with Crippen molar-refractivity contribution in [1.29, 1.82) is 0 Å². The molecule has 17 heavy (non-hydrogen) atoms. The first-order chi connectivity index (χ1) is 7.81. The van der Waals surface area contributed by atoms with Gasteiger partial charge in [-0.25, -0.2) is 0 Å². The summed E-state index contributed by atoms with van der Waals surface area (Å²) in [6, 6.07) is 1.00. The molecule has 1 heteroatoms. The van der Waals surface area contributed by atoms with E-state index < -0.39 is 0 Å². The van der Waals surface area contributed by atoms with Gasteiger partial charge in [-0.1, -0.05) is 32.1 Å². The van der Waals surface area contributed by atoms with E-state index in [4.69, 9.17) is 0 Å². The van der Waals surface area contributed by atoms with Crippen LogP contribution in [0.3, 0.4) is 0 Å². The highest BCUT2D eigenvalue weighted by Gasteiger charge is 2.34. The highest BCUT2D eigenvalue weighted by atomic mass is 15.4. The number of nitrogens with zero attached hydrogens (tertiary/aromatic N) is 1. The van der Waals surface area contributed by atoms with E-state index in [2.05, 4.69) is 7.05 Å². The van der Waals surface area contributed by atoms with Crippen LogP contribution >= 0.6 is 0 Å². The van der Waals surface area contributed by atoms with Gasteiger partial charge in [-0.3, -0.25) is 0 Å². The van der Waals surface area contributed by atoms with Crippen LogP contribution in [-0.2, 0) is 0 Å². The van der Waals surface area contributed by atoms with Crippen molar-refractivity contribution in [2.75, 3.05) is 20.1 Å². The molecule has 0 bridgehead atoms. The fourth-order valence-corrected chi connectivity index (χ4v) is 3.83. The van der Waals surface area contributed by atoms with Gasteiger partial charge in [-0.2, -0.15) is 0 Å². The number of quaternary nitrogens is 1. The highest BCUT2D eigenvalue weighted by molar-refractivity contribution is 4.66. The van der Waals surface area contributed by atoms with Crippen molar-refractivity contribution in [2.45, 2.75) is 76.7 Å². The summed E-state index contributed by atoms with van der Waals surface area (Å²) in [6.45, 7) is 2.93. The third-order valence-electron chi connectivity index (χ3n) is 5.04. The molecule has 2 fully saturated rings. The maximum Gasteiger partial charge on any atom is 0.0888 e. The van der Waals surface area contributed by atoms with E-state index in [1.54, 1.807) is 0 Å². The molecule has 0 aromatic heterocycles. The molecule has 1 saturated carbocycles. The van der Waals surface area contributed by atoms with Crippen LogP contribution in [-0.4, -0.2) is 30.7 Å². The van der Waals surface area contributed by atoms with Crippen LogP contribution in [0.5, 0.6) is 0 Å². The van der Waals surface area contributed by atoms with E-state index in [1.165, 1.54) is 88.2 Å². The van der Waals surface area contributed by atoms with E-state index in [0.29, 0.717) is 0 Å². The largest absolute Gasteiger partial charge is 0.358 e. The molecule has 1 aliphatic carbocycles. The molecule has 0 atom stereocenters. The Hall–Kier alpha value is -0.0400. The number of likely N-dealkylation sites (tertiary alicyclic amines) is 1. The van der Waals surface area contributed by atoms with Crippen molar-refractivity contribution in [3.63, 3.8) is 0 Å². The molecule has 0 unspecified atom stereocenters. The molecule has 2 rings (SSSR count). The van der Waals surface area contributed by atoms with Crippen molar-refractivity contribution in [3.05, 3.63) is 7.43 Å². The maximum atomic E-state index is 2.53. The molecule has 1 heterocycles. The molecule has 1 nitrogen and oxygen atoms in total. The minimum absolute atomic E-state index is 0. The smallest absolute Gasteiger partial charge is 0.0888 e. The van der Waals surface area contributed by atoms with Crippen LogP contribution in [0.1, 0.15) is 70.6 Å². The summed E-state index contributed by atoms with van der Waals surface area (Å²) in [5.74, 6) is 0. The minimum atomic E-state index is 0. The van der Waals surface area contributed by atoms with E-state index in [1.807, 2.05) is 0 Å². The van der Waals surface area contributed by atoms with Crippen molar-refractivity contribution >= 4 is 0 Å². The molecule has 1 aliphatic heterocycles. The molecule has 102 valence electrons. The van der Waals surface area contributed by atoms with E-state index >= 15 is 0 Å². The van der Waals surface area contributed by atoms with E-state index in [9.17, 15) is 0 Å². The Morgan fingerprint density at radius 2 is 1.06 bits per heavy atom. The summed E-state index contributed by atoms with van der Waals surface area (Å²) in [6.07, 6.45) is 16.5. The fourth-order valence-electron chi connectivity index (χ4n) is 3.83. The van der Waals surface area contributed by atoms with Crippen molar-refractivity contribution in [3.8, 4) is 0 Å². The van der Waals surface area contributed by atoms with Gasteiger partial charge in [-0.15, -0.1) is 0 Å².